The topological polar surface area (TPSA) is 26.3 Å². The van der Waals surface area contributed by atoms with Gasteiger partial charge in [0.1, 0.15) is 0 Å². The summed E-state index contributed by atoms with van der Waals surface area (Å²) in [6.45, 7) is 2.04. The first-order valence-electron chi connectivity index (χ1n) is 5.47. The van der Waals surface area contributed by atoms with Crippen molar-refractivity contribution in [3.8, 4) is 11.1 Å². The van der Waals surface area contributed by atoms with E-state index < -0.39 is 0 Å². The molecule has 0 fully saturated rings. The van der Waals surface area contributed by atoms with E-state index in [-0.39, 0.29) is 5.97 Å². The Hall–Kier alpha value is -2.09. The third kappa shape index (κ3) is 2.36. The van der Waals surface area contributed by atoms with Gasteiger partial charge in [-0.1, -0.05) is 48.0 Å². The molecule has 2 heteroatoms. The van der Waals surface area contributed by atoms with Crippen LogP contribution in [0.1, 0.15) is 15.9 Å². The fraction of sp³-hybridized carbons (Fsp3) is 0.133. The zero-order chi connectivity index (χ0) is 12.3. The van der Waals surface area contributed by atoms with Gasteiger partial charge >= 0.3 is 5.97 Å². The molecule has 0 aliphatic carbocycles. The van der Waals surface area contributed by atoms with Gasteiger partial charge < -0.3 is 4.74 Å². The number of carbonyl (C=O) groups excluding carboxylic acids is 1. The highest BCUT2D eigenvalue weighted by atomic mass is 16.5. The molecule has 0 bridgehead atoms. The second-order valence-electron chi connectivity index (χ2n) is 3.90. The zero-order valence-corrected chi connectivity index (χ0v) is 9.94. The lowest BCUT2D eigenvalue weighted by Crippen LogP contribution is -2.03. The molecule has 2 aromatic rings. The van der Waals surface area contributed by atoms with Crippen molar-refractivity contribution >= 4 is 5.97 Å². The summed E-state index contributed by atoms with van der Waals surface area (Å²) in [5, 5.41) is 0. The van der Waals surface area contributed by atoms with Crippen LogP contribution in [0.4, 0.5) is 0 Å². The Morgan fingerprint density at radius 3 is 2.29 bits per heavy atom. The number of benzene rings is 2. The van der Waals surface area contributed by atoms with E-state index in [4.69, 9.17) is 4.74 Å². The standard InChI is InChI=1S/C15H14O2/c1-11-7-9-12(10-8-11)13-5-3-4-6-14(13)15(16)17-2/h3-10H,1-2H3. The van der Waals surface area contributed by atoms with Gasteiger partial charge in [-0.25, -0.2) is 4.79 Å². The smallest absolute Gasteiger partial charge is 0.338 e. The monoisotopic (exact) mass is 226 g/mol. The zero-order valence-electron chi connectivity index (χ0n) is 9.94. The number of methoxy groups -OCH3 is 1. The summed E-state index contributed by atoms with van der Waals surface area (Å²) in [5.74, 6) is -0.304. The molecular formula is C15H14O2. The molecule has 0 aromatic heterocycles. The van der Waals surface area contributed by atoms with Gasteiger partial charge in [0, 0.05) is 0 Å². The summed E-state index contributed by atoms with van der Waals surface area (Å²) in [7, 11) is 1.40. The molecule has 0 amide bonds. The molecule has 0 aliphatic rings. The van der Waals surface area contributed by atoms with Gasteiger partial charge in [0.25, 0.3) is 0 Å². The first-order valence-corrected chi connectivity index (χ1v) is 5.47. The molecule has 0 heterocycles. The molecule has 0 unspecified atom stereocenters. The quantitative estimate of drug-likeness (QED) is 0.733. The first-order chi connectivity index (χ1) is 8.22. The molecule has 0 radical (unpaired) electrons. The van der Waals surface area contributed by atoms with Gasteiger partial charge in [0.15, 0.2) is 0 Å². The highest BCUT2D eigenvalue weighted by Gasteiger charge is 2.11. The number of rotatable bonds is 2. The van der Waals surface area contributed by atoms with Crippen LogP contribution in [-0.2, 0) is 4.74 Å². The lowest BCUT2D eigenvalue weighted by atomic mass is 9.99. The Morgan fingerprint density at radius 1 is 1.00 bits per heavy atom. The van der Waals surface area contributed by atoms with Crippen molar-refractivity contribution in [3.05, 3.63) is 59.7 Å². The Balaban J connectivity index is 2.51. The van der Waals surface area contributed by atoms with Crippen LogP contribution in [-0.4, -0.2) is 13.1 Å². The van der Waals surface area contributed by atoms with Crippen LogP contribution in [0.3, 0.4) is 0 Å². The van der Waals surface area contributed by atoms with Crippen molar-refractivity contribution in [3.63, 3.8) is 0 Å². The fourth-order valence-corrected chi connectivity index (χ4v) is 1.76. The molecule has 0 saturated heterocycles. The molecule has 2 aromatic carbocycles. The molecule has 86 valence electrons. The summed E-state index contributed by atoms with van der Waals surface area (Å²) in [6, 6.07) is 15.5. The Labute approximate surface area is 101 Å². The van der Waals surface area contributed by atoms with Gasteiger partial charge in [0.2, 0.25) is 0 Å². The van der Waals surface area contributed by atoms with Gasteiger partial charge in [-0.05, 0) is 24.1 Å². The molecule has 2 rings (SSSR count). The minimum Gasteiger partial charge on any atom is -0.465 e. The van der Waals surface area contributed by atoms with E-state index in [1.807, 2.05) is 49.4 Å². The van der Waals surface area contributed by atoms with Crippen LogP contribution in [0, 0.1) is 6.92 Å². The minimum atomic E-state index is -0.304. The Morgan fingerprint density at radius 2 is 1.65 bits per heavy atom. The third-order valence-corrected chi connectivity index (χ3v) is 2.69. The predicted molar refractivity (Wildman–Crippen MR) is 68.0 cm³/mol. The molecule has 0 atom stereocenters. The molecule has 0 N–H and O–H groups in total. The van der Waals surface area contributed by atoms with E-state index in [0.717, 1.165) is 11.1 Å². The minimum absolute atomic E-state index is 0.304. The molecule has 0 saturated carbocycles. The summed E-state index contributed by atoms with van der Waals surface area (Å²) < 4.78 is 4.78. The van der Waals surface area contributed by atoms with Crippen molar-refractivity contribution in [2.75, 3.05) is 7.11 Å². The van der Waals surface area contributed by atoms with E-state index in [1.165, 1.54) is 12.7 Å². The predicted octanol–water partition coefficient (Wildman–Crippen LogP) is 3.45. The van der Waals surface area contributed by atoms with Crippen LogP contribution in [0.25, 0.3) is 11.1 Å². The fourth-order valence-electron chi connectivity index (χ4n) is 1.76. The third-order valence-electron chi connectivity index (χ3n) is 2.69. The molecule has 17 heavy (non-hydrogen) atoms. The number of carbonyl (C=O) groups is 1. The Kier molecular flexibility index (Phi) is 3.24. The van der Waals surface area contributed by atoms with E-state index in [1.54, 1.807) is 6.07 Å². The normalized spacial score (nSPS) is 10.0. The average Bonchev–Trinajstić information content (AvgIpc) is 2.39. The van der Waals surface area contributed by atoms with Gasteiger partial charge in [-0.2, -0.15) is 0 Å². The van der Waals surface area contributed by atoms with Crippen LogP contribution in [0.15, 0.2) is 48.5 Å². The second-order valence-corrected chi connectivity index (χ2v) is 3.90. The summed E-state index contributed by atoms with van der Waals surface area (Å²) in [6.07, 6.45) is 0. The SMILES string of the molecule is COC(=O)c1ccccc1-c1ccc(C)cc1. The average molecular weight is 226 g/mol. The van der Waals surface area contributed by atoms with Gasteiger partial charge in [-0.3, -0.25) is 0 Å². The summed E-state index contributed by atoms with van der Waals surface area (Å²) in [4.78, 5) is 11.7. The van der Waals surface area contributed by atoms with E-state index in [2.05, 4.69) is 0 Å². The maximum atomic E-state index is 11.7. The number of aryl methyl sites for hydroxylation is 1. The summed E-state index contributed by atoms with van der Waals surface area (Å²) >= 11 is 0. The largest absolute Gasteiger partial charge is 0.465 e. The molecular weight excluding hydrogens is 212 g/mol. The number of hydrogen-bond donors (Lipinski definition) is 0. The van der Waals surface area contributed by atoms with Crippen LogP contribution in [0.5, 0.6) is 0 Å². The van der Waals surface area contributed by atoms with Crippen molar-refractivity contribution < 1.29 is 9.53 Å². The van der Waals surface area contributed by atoms with Gasteiger partial charge in [-0.15, -0.1) is 0 Å². The molecule has 2 nitrogen and oxygen atoms in total. The molecule has 0 aliphatic heterocycles. The van der Waals surface area contributed by atoms with E-state index in [0.29, 0.717) is 5.56 Å². The first kappa shape index (κ1) is 11.4. The van der Waals surface area contributed by atoms with Crippen molar-refractivity contribution in [1.29, 1.82) is 0 Å². The van der Waals surface area contributed by atoms with E-state index in [9.17, 15) is 4.79 Å². The van der Waals surface area contributed by atoms with Crippen LogP contribution in [0.2, 0.25) is 0 Å². The highest BCUT2D eigenvalue weighted by molar-refractivity contribution is 5.97. The maximum Gasteiger partial charge on any atom is 0.338 e. The van der Waals surface area contributed by atoms with E-state index >= 15 is 0 Å². The van der Waals surface area contributed by atoms with Gasteiger partial charge in [0.05, 0.1) is 12.7 Å². The highest BCUT2D eigenvalue weighted by Crippen LogP contribution is 2.24. The lowest BCUT2D eigenvalue weighted by molar-refractivity contribution is 0.0601. The van der Waals surface area contributed by atoms with Crippen molar-refractivity contribution in [2.45, 2.75) is 6.92 Å². The number of hydrogen-bond acceptors (Lipinski definition) is 2. The molecule has 0 spiro atoms. The van der Waals surface area contributed by atoms with Crippen LogP contribution >= 0.6 is 0 Å². The van der Waals surface area contributed by atoms with Crippen LogP contribution < -0.4 is 0 Å². The second kappa shape index (κ2) is 4.83. The van der Waals surface area contributed by atoms with Crippen molar-refractivity contribution in [1.82, 2.24) is 0 Å². The maximum absolute atomic E-state index is 11.7. The summed E-state index contributed by atoms with van der Waals surface area (Å²) in [5.41, 5.74) is 3.72. The number of esters is 1. The Bertz CT molecular complexity index is 527. The number of ether oxygens (including phenoxy) is 1. The van der Waals surface area contributed by atoms with Crippen molar-refractivity contribution in [2.24, 2.45) is 0 Å². The lowest BCUT2D eigenvalue weighted by Gasteiger charge is -2.08.